The van der Waals surface area contributed by atoms with Crippen molar-refractivity contribution in [1.29, 1.82) is 0 Å². The van der Waals surface area contributed by atoms with Crippen molar-refractivity contribution >= 4 is 17.0 Å². The highest BCUT2D eigenvalue weighted by Crippen LogP contribution is 2.35. The molecule has 0 aromatic heterocycles. The summed E-state index contributed by atoms with van der Waals surface area (Å²) in [5.41, 5.74) is -2.17. The fourth-order valence-electron chi connectivity index (χ4n) is 0.412. The molecule has 0 aliphatic heterocycles. The fraction of sp³-hybridized carbons (Fsp3) is 0.750. The highest BCUT2D eigenvalue weighted by molar-refractivity contribution is 6.61. The lowest BCUT2D eigenvalue weighted by Gasteiger charge is -2.21. The molecule has 0 atom stereocenters. The minimum atomic E-state index is -5.72. The molecule has 2 nitrogen and oxygen atoms in total. The Kier molecular flexibility index (Phi) is 3.42. The maximum Gasteiger partial charge on any atom is 0.434 e. The third-order valence-electron chi connectivity index (χ3n) is 0.805. The number of rotatable bonds is 1. The molecule has 0 fully saturated rings. The van der Waals surface area contributed by atoms with Crippen LogP contribution in [0.3, 0.4) is 0 Å². The Morgan fingerprint density at radius 3 is 1.46 bits per heavy atom. The van der Waals surface area contributed by atoms with Gasteiger partial charge < -0.3 is 4.74 Å². The normalized spacial score (nSPS) is 13.2. The first-order valence-electron chi connectivity index (χ1n) is 2.54. The average molecular weight is 230 g/mol. The second kappa shape index (κ2) is 3.60. The molecule has 0 rings (SSSR count). The van der Waals surface area contributed by atoms with E-state index in [1.807, 2.05) is 0 Å². The summed E-state index contributed by atoms with van der Waals surface area (Å²) in [6, 6.07) is 0. The Bertz CT molecular complexity index is 182. The Labute approximate surface area is 72.4 Å². The van der Waals surface area contributed by atoms with Crippen LogP contribution in [0.4, 0.5) is 31.1 Å². The summed E-state index contributed by atoms with van der Waals surface area (Å²) in [6.07, 6.45) is -15.6. The van der Waals surface area contributed by atoms with Crippen molar-refractivity contribution in [3.05, 3.63) is 0 Å². The molecule has 0 radical (unpaired) electrons. The van der Waals surface area contributed by atoms with Gasteiger partial charge in [-0.1, -0.05) is 0 Å². The van der Waals surface area contributed by atoms with Crippen LogP contribution in [0.2, 0.25) is 0 Å². The Morgan fingerprint density at radius 2 is 1.38 bits per heavy atom. The van der Waals surface area contributed by atoms with Gasteiger partial charge >= 0.3 is 17.8 Å². The molecule has 0 aromatic carbocycles. The van der Waals surface area contributed by atoms with Crippen LogP contribution in [0.5, 0.6) is 0 Å². The first kappa shape index (κ1) is 12.3. The second-order valence-electron chi connectivity index (χ2n) is 1.82. The summed E-state index contributed by atoms with van der Waals surface area (Å²) in [6.45, 7) is 0. The van der Waals surface area contributed by atoms with E-state index in [2.05, 4.69) is 16.3 Å². The molecule has 78 valence electrons. The monoisotopic (exact) mass is 230 g/mol. The summed E-state index contributed by atoms with van der Waals surface area (Å²) in [5.74, 6) is 0. The molecule has 0 N–H and O–H groups in total. The second-order valence-corrected chi connectivity index (χ2v) is 2.13. The molecule has 0 aliphatic carbocycles. The SMILES string of the molecule is O=C(Cl)OC(C(F)(F)F)C(F)(F)F. The smallest absolute Gasteiger partial charge is 0.431 e. The highest BCUT2D eigenvalue weighted by atomic mass is 35.5. The molecule has 0 bridgehead atoms. The number of carbonyl (C=O) groups is 1. The predicted octanol–water partition coefficient (Wildman–Crippen LogP) is 2.85. The van der Waals surface area contributed by atoms with E-state index in [-0.39, 0.29) is 0 Å². The van der Waals surface area contributed by atoms with Gasteiger partial charge in [0.2, 0.25) is 0 Å². The lowest BCUT2D eigenvalue weighted by molar-refractivity contribution is -0.305. The zero-order valence-corrected chi connectivity index (χ0v) is 6.30. The number of ether oxygens (including phenoxy) is 1. The van der Waals surface area contributed by atoms with Crippen molar-refractivity contribution in [2.45, 2.75) is 18.5 Å². The van der Waals surface area contributed by atoms with Crippen LogP contribution in [0.1, 0.15) is 0 Å². The molecular weight excluding hydrogens is 229 g/mol. The van der Waals surface area contributed by atoms with Gasteiger partial charge in [-0.2, -0.15) is 26.3 Å². The van der Waals surface area contributed by atoms with Crippen LogP contribution in [0.15, 0.2) is 0 Å². The minimum absolute atomic E-state index is 2.17. The van der Waals surface area contributed by atoms with Gasteiger partial charge in [-0.05, 0) is 0 Å². The van der Waals surface area contributed by atoms with Gasteiger partial charge in [0.15, 0.2) is 0 Å². The molecule has 13 heavy (non-hydrogen) atoms. The van der Waals surface area contributed by atoms with Gasteiger partial charge in [0.25, 0.3) is 6.10 Å². The number of carbonyl (C=O) groups excluding carboxylic acids is 1. The van der Waals surface area contributed by atoms with Crippen LogP contribution in [-0.4, -0.2) is 23.9 Å². The summed E-state index contributed by atoms with van der Waals surface area (Å²) in [5, 5.41) is 0. The molecule has 0 heterocycles. The number of hydrogen-bond donors (Lipinski definition) is 0. The van der Waals surface area contributed by atoms with Crippen LogP contribution in [0.25, 0.3) is 0 Å². The lowest BCUT2D eigenvalue weighted by atomic mass is 10.3. The highest BCUT2D eigenvalue weighted by Gasteiger charge is 2.59. The van der Waals surface area contributed by atoms with Gasteiger partial charge in [0.05, 0.1) is 0 Å². The Morgan fingerprint density at radius 1 is 1.08 bits per heavy atom. The standard InChI is InChI=1S/C4HClF6O2/c5-2(12)13-1(3(6,7)8)4(9,10)11/h1H. The molecular formula is C4HClF6O2. The number of hydrogen-bond acceptors (Lipinski definition) is 2. The van der Waals surface area contributed by atoms with Gasteiger partial charge in [-0.15, -0.1) is 0 Å². The van der Waals surface area contributed by atoms with E-state index in [1.165, 1.54) is 0 Å². The van der Waals surface area contributed by atoms with Crippen LogP contribution >= 0.6 is 11.6 Å². The van der Waals surface area contributed by atoms with E-state index >= 15 is 0 Å². The van der Waals surface area contributed by atoms with Crippen LogP contribution in [-0.2, 0) is 4.74 Å². The molecule has 0 aromatic rings. The Hall–Kier alpha value is -0.660. The van der Waals surface area contributed by atoms with Gasteiger partial charge in [-0.3, -0.25) is 0 Å². The maximum atomic E-state index is 11.5. The summed E-state index contributed by atoms with van der Waals surface area (Å²) < 4.78 is 72.0. The van der Waals surface area contributed by atoms with Crippen LogP contribution in [0, 0.1) is 0 Å². The number of halogens is 7. The minimum Gasteiger partial charge on any atom is -0.431 e. The van der Waals surface area contributed by atoms with E-state index in [4.69, 9.17) is 0 Å². The lowest BCUT2D eigenvalue weighted by Crippen LogP contribution is -2.44. The zero-order valence-electron chi connectivity index (χ0n) is 5.54. The van der Waals surface area contributed by atoms with E-state index in [9.17, 15) is 31.1 Å². The third kappa shape index (κ3) is 4.20. The largest absolute Gasteiger partial charge is 0.434 e. The third-order valence-corrected chi connectivity index (χ3v) is 0.894. The quantitative estimate of drug-likeness (QED) is 0.511. The fourth-order valence-corrected chi connectivity index (χ4v) is 0.501. The molecule has 0 unspecified atom stereocenters. The van der Waals surface area contributed by atoms with E-state index < -0.39 is 23.9 Å². The molecule has 0 saturated heterocycles. The average Bonchev–Trinajstić information content (AvgIpc) is 1.77. The van der Waals surface area contributed by atoms with Crippen molar-refractivity contribution in [2.75, 3.05) is 0 Å². The van der Waals surface area contributed by atoms with Crippen molar-refractivity contribution in [2.24, 2.45) is 0 Å². The first-order valence-corrected chi connectivity index (χ1v) is 2.92. The van der Waals surface area contributed by atoms with Crippen molar-refractivity contribution < 1.29 is 35.9 Å². The van der Waals surface area contributed by atoms with E-state index in [0.29, 0.717) is 0 Å². The van der Waals surface area contributed by atoms with Crippen LogP contribution < -0.4 is 0 Å². The first-order chi connectivity index (χ1) is 5.55. The van der Waals surface area contributed by atoms with Crippen molar-refractivity contribution in [3.8, 4) is 0 Å². The molecule has 0 aliphatic rings. The molecule has 0 saturated carbocycles. The molecule has 9 heteroatoms. The topological polar surface area (TPSA) is 26.3 Å². The van der Waals surface area contributed by atoms with Gasteiger partial charge in [-0.25, -0.2) is 4.79 Å². The van der Waals surface area contributed by atoms with E-state index in [1.54, 1.807) is 0 Å². The van der Waals surface area contributed by atoms with Crippen molar-refractivity contribution in [3.63, 3.8) is 0 Å². The predicted molar refractivity (Wildman–Crippen MR) is 28.2 cm³/mol. The maximum absolute atomic E-state index is 11.5. The van der Waals surface area contributed by atoms with E-state index in [0.717, 1.165) is 0 Å². The zero-order chi connectivity index (χ0) is 10.9. The molecule has 0 spiro atoms. The summed E-state index contributed by atoms with van der Waals surface area (Å²) >= 11 is 4.22. The van der Waals surface area contributed by atoms with Gasteiger partial charge in [0.1, 0.15) is 0 Å². The summed E-state index contributed by atoms with van der Waals surface area (Å²) in [7, 11) is 0. The van der Waals surface area contributed by atoms with Crippen molar-refractivity contribution in [1.82, 2.24) is 0 Å². The number of alkyl halides is 6. The Balaban J connectivity index is 4.68. The molecule has 0 amide bonds. The van der Waals surface area contributed by atoms with Gasteiger partial charge in [0, 0.05) is 11.6 Å². The summed E-state index contributed by atoms with van der Waals surface area (Å²) in [4.78, 5) is 9.69.